The van der Waals surface area contributed by atoms with E-state index in [1.165, 1.54) is 0 Å². The lowest BCUT2D eigenvalue weighted by Crippen LogP contribution is -2.21. The highest BCUT2D eigenvalue weighted by molar-refractivity contribution is 6.02. The predicted molar refractivity (Wildman–Crippen MR) is 96.9 cm³/mol. The molecule has 0 saturated carbocycles. The fourth-order valence-corrected chi connectivity index (χ4v) is 2.33. The molecule has 5 nitrogen and oxygen atoms in total. The molecule has 5 heteroatoms. The number of hydrogen-bond acceptors (Lipinski definition) is 4. The standard InChI is InChI=1S/C21H20O5/c1-13-4-8-16(9-5-13)19(24)20(17-10-6-14(2)7-11-17)26-21(25)15(3)12-18(22)23/h4-11,20H,3,12H2,1-2H3,(H,22,23). The number of ketones is 1. The normalized spacial score (nSPS) is 11.5. The zero-order chi connectivity index (χ0) is 19.3. The van der Waals surface area contributed by atoms with Crippen LogP contribution in [-0.4, -0.2) is 22.8 Å². The number of Topliss-reactive ketones (excluding diaryl/α,β-unsaturated/α-hetero) is 1. The molecule has 26 heavy (non-hydrogen) atoms. The molecule has 1 atom stereocenters. The second-order valence-electron chi connectivity index (χ2n) is 6.10. The quantitative estimate of drug-likeness (QED) is 0.466. The molecule has 0 aliphatic carbocycles. The summed E-state index contributed by atoms with van der Waals surface area (Å²) in [5.74, 6) is -2.48. The van der Waals surface area contributed by atoms with Gasteiger partial charge < -0.3 is 9.84 Å². The van der Waals surface area contributed by atoms with Crippen LogP contribution in [-0.2, 0) is 14.3 Å². The maximum absolute atomic E-state index is 12.9. The van der Waals surface area contributed by atoms with Crippen molar-refractivity contribution < 1.29 is 24.2 Å². The Morgan fingerprint density at radius 2 is 1.46 bits per heavy atom. The first kappa shape index (κ1) is 19.1. The highest BCUT2D eigenvalue weighted by Gasteiger charge is 2.27. The van der Waals surface area contributed by atoms with E-state index in [2.05, 4.69) is 6.58 Å². The first-order valence-corrected chi connectivity index (χ1v) is 8.06. The molecule has 0 aromatic heterocycles. The van der Waals surface area contributed by atoms with Gasteiger partial charge in [0.25, 0.3) is 0 Å². The van der Waals surface area contributed by atoms with Gasteiger partial charge in [-0.25, -0.2) is 4.79 Å². The van der Waals surface area contributed by atoms with E-state index in [1.807, 2.05) is 26.0 Å². The number of carbonyl (C=O) groups excluding carboxylic acids is 2. The lowest BCUT2D eigenvalue weighted by atomic mass is 9.98. The van der Waals surface area contributed by atoms with Crippen LogP contribution in [0.5, 0.6) is 0 Å². The van der Waals surface area contributed by atoms with Crippen LogP contribution >= 0.6 is 0 Å². The third kappa shape index (κ3) is 4.89. The molecule has 1 N–H and O–H groups in total. The van der Waals surface area contributed by atoms with Crippen LogP contribution < -0.4 is 0 Å². The molecule has 2 rings (SSSR count). The fourth-order valence-electron chi connectivity index (χ4n) is 2.33. The van der Waals surface area contributed by atoms with E-state index >= 15 is 0 Å². The predicted octanol–water partition coefficient (Wildman–Crippen LogP) is 3.80. The molecule has 134 valence electrons. The van der Waals surface area contributed by atoms with Crippen molar-refractivity contribution in [2.75, 3.05) is 0 Å². The van der Waals surface area contributed by atoms with Gasteiger partial charge in [0, 0.05) is 16.7 Å². The summed E-state index contributed by atoms with van der Waals surface area (Å²) in [5, 5.41) is 8.79. The van der Waals surface area contributed by atoms with Crippen molar-refractivity contribution in [3.8, 4) is 0 Å². The van der Waals surface area contributed by atoms with E-state index in [1.54, 1.807) is 36.4 Å². The lowest BCUT2D eigenvalue weighted by Gasteiger charge is -2.18. The van der Waals surface area contributed by atoms with Gasteiger partial charge in [-0.3, -0.25) is 9.59 Å². The van der Waals surface area contributed by atoms with Crippen molar-refractivity contribution in [3.63, 3.8) is 0 Å². The summed E-state index contributed by atoms with van der Waals surface area (Å²) in [6.07, 6.45) is -1.71. The van der Waals surface area contributed by atoms with E-state index in [9.17, 15) is 14.4 Å². The van der Waals surface area contributed by atoms with E-state index in [-0.39, 0.29) is 11.4 Å². The molecule has 0 heterocycles. The van der Waals surface area contributed by atoms with Gasteiger partial charge in [0.1, 0.15) is 0 Å². The second-order valence-corrected chi connectivity index (χ2v) is 6.10. The number of carboxylic acid groups (broad SMARTS) is 1. The monoisotopic (exact) mass is 352 g/mol. The topological polar surface area (TPSA) is 80.7 Å². The molecule has 0 aliphatic heterocycles. The summed E-state index contributed by atoms with van der Waals surface area (Å²) in [6.45, 7) is 7.24. The smallest absolute Gasteiger partial charge is 0.335 e. The van der Waals surface area contributed by atoms with Gasteiger partial charge in [0.2, 0.25) is 5.78 Å². The summed E-state index contributed by atoms with van der Waals surface area (Å²) in [4.78, 5) is 35.8. The van der Waals surface area contributed by atoms with Crippen molar-refractivity contribution in [1.29, 1.82) is 0 Å². The average Bonchev–Trinajstić information content (AvgIpc) is 2.60. The second kappa shape index (κ2) is 8.25. The first-order valence-electron chi connectivity index (χ1n) is 8.06. The largest absolute Gasteiger partial charge is 0.481 e. The van der Waals surface area contributed by atoms with Crippen molar-refractivity contribution >= 4 is 17.7 Å². The molecule has 0 bridgehead atoms. The third-order valence-corrected chi connectivity index (χ3v) is 3.83. The van der Waals surface area contributed by atoms with Crippen LogP contribution in [0.25, 0.3) is 0 Å². The van der Waals surface area contributed by atoms with Gasteiger partial charge in [-0.2, -0.15) is 0 Å². The maximum Gasteiger partial charge on any atom is 0.335 e. The molecule has 2 aromatic carbocycles. The Morgan fingerprint density at radius 3 is 1.96 bits per heavy atom. The number of benzene rings is 2. The minimum atomic E-state index is -1.19. The minimum absolute atomic E-state index is 0.216. The zero-order valence-electron chi connectivity index (χ0n) is 14.7. The Morgan fingerprint density at radius 1 is 0.962 bits per heavy atom. The van der Waals surface area contributed by atoms with E-state index in [0.717, 1.165) is 11.1 Å². The number of esters is 1. The Bertz CT molecular complexity index is 832. The van der Waals surface area contributed by atoms with Crippen molar-refractivity contribution in [2.45, 2.75) is 26.4 Å². The Labute approximate surface area is 151 Å². The number of aryl methyl sites for hydroxylation is 2. The number of carboxylic acids is 1. The van der Waals surface area contributed by atoms with E-state index in [0.29, 0.717) is 11.1 Å². The highest BCUT2D eigenvalue weighted by atomic mass is 16.5. The van der Waals surface area contributed by atoms with E-state index < -0.39 is 24.5 Å². The van der Waals surface area contributed by atoms with Crippen LogP contribution in [0.2, 0.25) is 0 Å². The van der Waals surface area contributed by atoms with Gasteiger partial charge in [0.05, 0.1) is 6.42 Å². The molecular weight excluding hydrogens is 332 g/mol. The summed E-state index contributed by atoms with van der Waals surface area (Å²) in [6, 6.07) is 14.0. The fraction of sp³-hybridized carbons (Fsp3) is 0.190. The molecule has 0 amide bonds. The molecule has 0 radical (unpaired) electrons. The summed E-state index contributed by atoms with van der Waals surface area (Å²) < 4.78 is 5.33. The molecular formula is C21H20O5. The molecule has 2 aromatic rings. The third-order valence-electron chi connectivity index (χ3n) is 3.83. The van der Waals surface area contributed by atoms with Crippen molar-refractivity contribution in [3.05, 3.63) is 82.9 Å². The minimum Gasteiger partial charge on any atom is -0.481 e. The van der Waals surface area contributed by atoms with Crippen molar-refractivity contribution in [2.24, 2.45) is 0 Å². The Balaban J connectivity index is 2.32. The summed E-state index contributed by atoms with van der Waals surface area (Å²) in [7, 11) is 0. The van der Waals surface area contributed by atoms with Gasteiger partial charge >= 0.3 is 11.9 Å². The van der Waals surface area contributed by atoms with Gasteiger partial charge in [0.15, 0.2) is 6.10 Å². The summed E-state index contributed by atoms with van der Waals surface area (Å²) >= 11 is 0. The molecule has 0 saturated heterocycles. The molecule has 0 fully saturated rings. The number of hydrogen-bond donors (Lipinski definition) is 1. The Hall–Kier alpha value is -3.21. The Kier molecular flexibility index (Phi) is 6.07. The number of aliphatic carboxylic acids is 1. The number of ether oxygens (including phenoxy) is 1. The van der Waals surface area contributed by atoms with Gasteiger partial charge in [-0.05, 0) is 13.8 Å². The van der Waals surface area contributed by atoms with Gasteiger partial charge in [-0.1, -0.05) is 66.2 Å². The molecule has 0 aliphatic rings. The molecule has 0 spiro atoms. The van der Waals surface area contributed by atoms with Crippen LogP contribution in [0, 0.1) is 13.8 Å². The SMILES string of the molecule is C=C(CC(=O)O)C(=O)OC(C(=O)c1ccc(C)cc1)c1ccc(C)cc1. The maximum atomic E-state index is 12.9. The summed E-state index contributed by atoms with van der Waals surface area (Å²) in [5.41, 5.74) is 2.69. The first-order chi connectivity index (χ1) is 12.3. The van der Waals surface area contributed by atoms with Crippen LogP contribution in [0.3, 0.4) is 0 Å². The van der Waals surface area contributed by atoms with E-state index in [4.69, 9.17) is 9.84 Å². The lowest BCUT2D eigenvalue weighted by molar-refractivity contribution is -0.145. The van der Waals surface area contributed by atoms with Crippen molar-refractivity contribution in [1.82, 2.24) is 0 Å². The molecule has 1 unspecified atom stereocenters. The highest BCUT2D eigenvalue weighted by Crippen LogP contribution is 2.25. The number of rotatable bonds is 7. The van der Waals surface area contributed by atoms with Gasteiger partial charge in [-0.15, -0.1) is 0 Å². The van der Waals surface area contributed by atoms with Crippen LogP contribution in [0.4, 0.5) is 0 Å². The van der Waals surface area contributed by atoms with Crippen LogP contribution in [0.15, 0.2) is 60.7 Å². The zero-order valence-corrected chi connectivity index (χ0v) is 14.7. The van der Waals surface area contributed by atoms with Crippen LogP contribution in [0.1, 0.15) is 39.6 Å². The number of carbonyl (C=O) groups is 3. The average molecular weight is 352 g/mol.